The van der Waals surface area contributed by atoms with Crippen molar-refractivity contribution >= 4 is 11.6 Å². The molecule has 0 aliphatic carbocycles. The monoisotopic (exact) mass is 233 g/mol. The lowest BCUT2D eigenvalue weighted by Gasteiger charge is -2.27. The third kappa shape index (κ3) is 3.05. The van der Waals surface area contributed by atoms with Crippen molar-refractivity contribution in [1.29, 1.82) is 0 Å². The molecule has 0 bridgehead atoms. The highest BCUT2D eigenvalue weighted by Gasteiger charge is 2.18. The maximum Gasteiger partial charge on any atom is 0.240 e. The summed E-state index contributed by atoms with van der Waals surface area (Å²) in [7, 11) is 1.95. The van der Waals surface area contributed by atoms with Gasteiger partial charge in [0, 0.05) is 18.8 Å². The SMILES string of the molecule is CNCCc1cccc(N2CCNCC2=O)c1. The number of piperazine rings is 1. The van der Waals surface area contributed by atoms with Crippen molar-refractivity contribution in [2.24, 2.45) is 0 Å². The average molecular weight is 233 g/mol. The first-order valence-electron chi connectivity index (χ1n) is 6.06. The van der Waals surface area contributed by atoms with E-state index in [4.69, 9.17) is 0 Å². The quantitative estimate of drug-likeness (QED) is 0.790. The van der Waals surface area contributed by atoms with Gasteiger partial charge in [-0.25, -0.2) is 0 Å². The molecule has 1 saturated heterocycles. The zero-order valence-corrected chi connectivity index (χ0v) is 10.2. The molecule has 4 heteroatoms. The van der Waals surface area contributed by atoms with E-state index in [1.165, 1.54) is 5.56 Å². The molecule has 0 saturated carbocycles. The molecule has 1 aromatic carbocycles. The van der Waals surface area contributed by atoms with Crippen LogP contribution in [0.4, 0.5) is 5.69 Å². The van der Waals surface area contributed by atoms with E-state index in [1.807, 2.05) is 24.1 Å². The number of rotatable bonds is 4. The first-order chi connectivity index (χ1) is 8.31. The van der Waals surface area contributed by atoms with Gasteiger partial charge >= 0.3 is 0 Å². The van der Waals surface area contributed by atoms with E-state index in [1.54, 1.807) is 0 Å². The largest absolute Gasteiger partial charge is 0.319 e. The Morgan fingerprint density at radius 2 is 2.35 bits per heavy atom. The first kappa shape index (κ1) is 12.1. The van der Waals surface area contributed by atoms with Crippen molar-refractivity contribution < 1.29 is 4.79 Å². The van der Waals surface area contributed by atoms with Gasteiger partial charge in [0.15, 0.2) is 0 Å². The van der Waals surface area contributed by atoms with Gasteiger partial charge in [-0.1, -0.05) is 12.1 Å². The topological polar surface area (TPSA) is 44.4 Å². The van der Waals surface area contributed by atoms with E-state index in [2.05, 4.69) is 22.8 Å². The summed E-state index contributed by atoms with van der Waals surface area (Å²) in [6.45, 7) is 3.03. The van der Waals surface area contributed by atoms with Crippen LogP contribution >= 0.6 is 0 Å². The highest BCUT2D eigenvalue weighted by Crippen LogP contribution is 2.17. The molecule has 2 N–H and O–H groups in total. The van der Waals surface area contributed by atoms with Gasteiger partial charge in [0.2, 0.25) is 5.91 Å². The predicted molar refractivity (Wildman–Crippen MR) is 69.3 cm³/mol. The molecule has 1 aromatic rings. The highest BCUT2D eigenvalue weighted by atomic mass is 16.2. The Morgan fingerprint density at radius 1 is 1.47 bits per heavy atom. The maximum atomic E-state index is 11.8. The summed E-state index contributed by atoms with van der Waals surface area (Å²) in [6.07, 6.45) is 0.991. The molecule has 1 fully saturated rings. The predicted octanol–water partition coefficient (Wildman–Crippen LogP) is 0.385. The number of carbonyl (C=O) groups excluding carboxylic acids is 1. The van der Waals surface area contributed by atoms with Crippen LogP contribution in [0.25, 0.3) is 0 Å². The second-order valence-corrected chi connectivity index (χ2v) is 4.25. The standard InChI is InChI=1S/C13H19N3O/c1-14-6-5-11-3-2-4-12(9-11)16-8-7-15-10-13(16)17/h2-4,9,14-15H,5-8,10H2,1H3. The number of benzene rings is 1. The van der Waals surface area contributed by atoms with Gasteiger partial charge in [0.1, 0.15) is 0 Å². The summed E-state index contributed by atoms with van der Waals surface area (Å²) in [6, 6.07) is 8.25. The van der Waals surface area contributed by atoms with Crippen molar-refractivity contribution in [2.45, 2.75) is 6.42 Å². The van der Waals surface area contributed by atoms with Crippen LogP contribution in [0.1, 0.15) is 5.56 Å². The molecule has 1 aliphatic heterocycles. The van der Waals surface area contributed by atoms with Crippen LogP contribution in [0.2, 0.25) is 0 Å². The number of hydrogen-bond acceptors (Lipinski definition) is 3. The summed E-state index contributed by atoms with van der Waals surface area (Å²) >= 11 is 0. The molecule has 4 nitrogen and oxygen atoms in total. The van der Waals surface area contributed by atoms with Crippen molar-refractivity contribution in [2.75, 3.05) is 38.1 Å². The Bertz CT molecular complexity index is 392. The lowest BCUT2D eigenvalue weighted by molar-refractivity contribution is -0.118. The van der Waals surface area contributed by atoms with Crippen LogP contribution in [0.3, 0.4) is 0 Å². The van der Waals surface area contributed by atoms with E-state index in [0.29, 0.717) is 6.54 Å². The van der Waals surface area contributed by atoms with E-state index in [-0.39, 0.29) is 5.91 Å². The average Bonchev–Trinajstić information content (AvgIpc) is 2.37. The van der Waals surface area contributed by atoms with Crippen molar-refractivity contribution in [1.82, 2.24) is 10.6 Å². The molecule has 0 radical (unpaired) electrons. The fraction of sp³-hybridized carbons (Fsp3) is 0.462. The van der Waals surface area contributed by atoms with E-state index in [9.17, 15) is 4.79 Å². The Morgan fingerprint density at radius 3 is 3.12 bits per heavy atom. The smallest absolute Gasteiger partial charge is 0.240 e. The molecule has 0 spiro atoms. The van der Waals surface area contributed by atoms with E-state index < -0.39 is 0 Å². The van der Waals surface area contributed by atoms with Crippen molar-refractivity contribution in [3.05, 3.63) is 29.8 Å². The van der Waals surface area contributed by atoms with Crippen molar-refractivity contribution in [3.63, 3.8) is 0 Å². The van der Waals surface area contributed by atoms with Crippen LogP contribution in [-0.2, 0) is 11.2 Å². The number of likely N-dealkylation sites (N-methyl/N-ethyl adjacent to an activating group) is 1. The molecular formula is C13H19N3O. The Balaban J connectivity index is 2.11. The fourth-order valence-electron chi connectivity index (χ4n) is 2.03. The summed E-state index contributed by atoms with van der Waals surface area (Å²) in [5.41, 5.74) is 2.29. The molecule has 1 amide bonds. The molecule has 92 valence electrons. The Labute approximate surface area is 102 Å². The van der Waals surface area contributed by atoms with E-state index in [0.717, 1.165) is 31.7 Å². The van der Waals surface area contributed by atoms with Crippen LogP contribution in [0.15, 0.2) is 24.3 Å². The molecular weight excluding hydrogens is 214 g/mol. The normalized spacial score (nSPS) is 16.3. The van der Waals surface area contributed by atoms with E-state index >= 15 is 0 Å². The second-order valence-electron chi connectivity index (χ2n) is 4.25. The van der Waals surface area contributed by atoms with Gasteiger partial charge in [-0.05, 0) is 37.7 Å². The van der Waals surface area contributed by atoms with Crippen LogP contribution < -0.4 is 15.5 Å². The second kappa shape index (κ2) is 5.80. The highest BCUT2D eigenvalue weighted by molar-refractivity contribution is 5.95. The lowest BCUT2D eigenvalue weighted by atomic mass is 10.1. The van der Waals surface area contributed by atoms with Gasteiger partial charge in [-0.3, -0.25) is 4.79 Å². The minimum atomic E-state index is 0.155. The molecule has 2 rings (SSSR count). The van der Waals surface area contributed by atoms with Crippen LogP contribution in [-0.4, -0.2) is 39.1 Å². The number of hydrogen-bond donors (Lipinski definition) is 2. The third-order valence-corrected chi connectivity index (χ3v) is 2.98. The number of carbonyl (C=O) groups is 1. The zero-order chi connectivity index (χ0) is 12.1. The number of nitrogens with one attached hydrogen (secondary N) is 2. The van der Waals surface area contributed by atoms with Gasteiger partial charge in [0.25, 0.3) is 0 Å². The molecule has 0 aromatic heterocycles. The van der Waals surface area contributed by atoms with Crippen LogP contribution in [0, 0.1) is 0 Å². The van der Waals surface area contributed by atoms with Crippen molar-refractivity contribution in [3.8, 4) is 0 Å². The molecule has 1 aliphatic rings. The summed E-state index contributed by atoms with van der Waals surface area (Å²) in [5.74, 6) is 0.155. The van der Waals surface area contributed by atoms with Gasteiger partial charge in [-0.15, -0.1) is 0 Å². The number of amides is 1. The Hall–Kier alpha value is -1.39. The summed E-state index contributed by atoms with van der Waals surface area (Å²) < 4.78 is 0. The minimum absolute atomic E-state index is 0.155. The molecule has 0 unspecified atom stereocenters. The third-order valence-electron chi connectivity index (χ3n) is 2.98. The minimum Gasteiger partial charge on any atom is -0.319 e. The number of nitrogens with zero attached hydrogens (tertiary/aromatic N) is 1. The van der Waals surface area contributed by atoms with Gasteiger partial charge in [0.05, 0.1) is 6.54 Å². The van der Waals surface area contributed by atoms with Gasteiger partial charge in [-0.2, -0.15) is 0 Å². The summed E-state index contributed by atoms with van der Waals surface area (Å²) in [4.78, 5) is 13.6. The van der Waals surface area contributed by atoms with Gasteiger partial charge < -0.3 is 15.5 Å². The van der Waals surface area contributed by atoms with Crippen LogP contribution in [0.5, 0.6) is 0 Å². The first-order valence-corrected chi connectivity index (χ1v) is 6.06. The Kier molecular flexibility index (Phi) is 4.12. The maximum absolute atomic E-state index is 11.8. The number of anilines is 1. The molecule has 17 heavy (non-hydrogen) atoms. The lowest BCUT2D eigenvalue weighted by Crippen LogP contribution is -2.48. The molecule has 1 heterocycles. The fourth-order valence-corrected chi connectivity index (χ4v) is 2.03. The summed E-state index contributed by atoms with van der Waals surface area (Å²) in [5, 5.41) is 6.22. The zero-order valence-electron chi connectivity index (χ0n) is 10.2. The molecule has 0 atom stereocenters.